The van der Waals surface area contributed by atoms with Gasteiger partial charge in [0.15, 0.2) is 0 Å². The van der Waals surface area contributed by atoms with Crippen LogP contribution < -0.4 is 10.1 Å². The average Bonchev–Trinajstić information content (AvgIpc) is 2.45. The lowest BCUT2D eigenvalue weighted by molar-refractivity contribution is 0.0426. The Morgan fingerprint density at radius 2 is 2.14 bits per heavy atom. The summed E-state index contributed by atoms with van der Waals surface area (Å²) in [4.78, 5) is 8.52. The summed E-state index contributed by atoms with van der Waals surface area (Å²) < 4.78 is 6.23. The van der Waals surface area contributed by atoms with Crippen molar-refractivity contribution in [1.82, 2.24) is 9.97 Å². The minimum absolute atomic E-state index is 0.280. The van der Waals surface area contributed by atoms with Gasteiger partial charge in [-0.05, 0) is 37.0 Å². The number of nitrogens with one attached hydrogen (secondary N) is 1. The molecule has 0 saturated heterocycles. The molecule has 4 nitrogen and oxygen atoms in total. The third-order valence-corrected chi connectivity index (χ3v) is 4.43. The second-order valence-electron chi connectivity index (χ2n) is 6.65. The Hall–Kier alpha value is -1.32. The van der Waals surface area contributed by atoms with E-state index >= 15 is 0 Å². The molecule has 0 bridgehead atoms. The number of aromatic nitrogens is 2. The largest absolute Gasteiger partial charge is 0.474 e. The Morgan fingerprint density at radius 3 is 2.86 bits per heavy atom. The van der Waals surface area contributed by atoms with Crippen LogP contribution in [0.25, 0.3) is 0 Å². The number of hydrogen-bond donors (Lipinski definition) is 1. The molecule has 0 radical (unpaired) electrons. The van der Waals surface area contributed by atoms with E-state index in [4.69, 9.17) is 4.74 Å². The Bertz CT molecular complexity index is 436. The first kappa shape index (κ1) is 16.1. The fraction of sp³-hybridized carbons (Fsp3) is 0.765. The normalized spacial score (nSPS) is 25.9. The molecule has 0 aromatic carbocycles. The van der Waals surface area contributed by atoms with Gasteiger partial charge in [-0.1, -0.05) is 34.1 Å². The molecule has 1 saturated carbocycles. The van der Waals surface area contributed by atoms with Gasteiger partial charge in [-0.3, -0.25) is 0 Å². The summed E-state index contributed by atoms with van der Waals surface area (Å²) in [5, 5.41) is 3.28. The van der Waals surface area contributed by atoms with Crippen molar-refractivity contribution in [3.05, 3.63) is 12.4 Å². The smallest absolute Gasteiger partial charge is 0.218 e. The molecule has 1 fully saturated rings. The van der Waals surface area contributed by atoms with Gasteiger partial charge < -0.3 is 10.1 Å². The van der Waals surface area contributed by atoms with E-state index in [1.165, 1.54) is 12.8 Å². The highest BCUT2D eigenvalue weighted by Crippen LogP contribution is 2.35. The van der Waals surface area contributed by atoms with Crippen LogP contribution in [0.3, 0.4) is 0 Å². The monoisotopic (exact) mass is 291 g/mol. The van der Waals surface area contributed by atoms with Crippen LogP contribution in [0.15, 0.2) is 12.4 Å². The van der Waals surface area contributed by atoms with Crippen LogP contribution in [0.2, 0.25) is 0 Å². The first-order valence-electron chi connectivity index (χ1n) is 8.32. The zero-order valence-corrected chi connectivity index (χ0v) is 13.8. The second-order valence-corrected chi connectivity index (χ2v) is 6.65. The first-order valence-corrected chi connectivity index (χ1v) is 8.32. The standard InChI is InChI=1S/C17H29N3O/c1-5-8-18-16-10-17(20-11-19-16)21-15-9-13(4)6-7-14(15)12(2)3/h10-15H,5-9H2,1-4H3,(H,18,19,20). The molecular formula is C17H29N3O. The van der Waals surface area contributed by atoms with Crippen LogP contribution in [0.1, 0.15) is 53.4 Å². The van der Waals surface area contributed by atoms with E-state index in [2.05, 4.69) is 43.0 Å². The summed E-state index contributed by atoms with van der Waals surface area (Å²) in [5.74, 6) is 3.58. The number of ether oxygens (including phenoxy) is 1. The van der Waals surface area contributed by atoms with Crippen LogP contribution in [-0.2, 0) is 0 Å². The second kappa shape index (κ2) is 7.62. The maximum absolute atomic E-state index is 6.23. The number of anilines is 1. The van der Waals surface area contributed by atoms with Crippen LogP contribution in [0, 0.1) is 17.8 Å². The van der Waals surface area contributed by atoms with Gasteiger partial charge in [0, 0.05) is 12.6 Å². The Kier molecular flexibility index (Phi) is 5.83. The fourth-order valence-electron chi connectivity index (χ4n) is 3.16. The van der Waals surface area contributed by atoms with Crippen molar-refractivity contribution >= 4 is 5.82 Å². The van der Waals surface area contributed by atoms with Crippen LogP contribution in [-0.4, -0.2) is 22.6 Å². The molecule has 1 aliphatic carbocycles. The molecule has 1 heterocycles. The maximum atomic E-state index is 6.23. The van der Waals surface area contributed by atoms with E-state index in [0.717, 1.165) is 31.1 Å². The van der Waals surface area contributed by atoms with Crippen LogP contribution in [0.4, 0.5) is 5.82 Å². The third-order valence-electron chi connectivity index (χ3n) is 4.43. The number of rotatable bonds is 6. The van der Waals surface area contributed by atoms with E-state index in [0.29, 0.717) is 17.7 Å². The molecule has 0 amide bonds. The van der Waals surface area contributed by atoms with Crippen molar-refractivity contribution in [2.24, 2.45) is 17.8 Å². The van der Waals surface area contributed by atoms with Gasteiger partial charge in [-0.25, -0.2) is 9.97 Å². The zero-order valence-electron chi connectivity index (χ0n) is 13.8. The summed E-state index contributed by atoms with van der Waals surface area (Å²) in [5.41, 5.74) is 0. The van der Waals surface area contributed by atoms with Gasteiger partial charge in [-0.15, -0.1) is 0 Å². The SMILES string of the molecule is CCCNc1cc(OC2CC(C)CCC2C(C)C)ncn1. The lowest BCUT2D eigenvalue weighted by atomic mass is 9.75. The molecule has 0 aliphatic heterocycles. The van der Waals surface area contributed by atoms with Gasteiger partial charge in [0.1, 0.15) is 18.2 Å². The first-order chi connectivity index (χ1) is 10.1. The molecule has 3 atom stereocenters. The Morgan fingerprint density at radius 1 is 1.33 bits per heavy atom. The van der Waals surface area contributed by atoms with Crippen molar-refractivity contribution in [1.29, 1.82) is 0 Å². The Labute approximate surface area is 128 Å². The number of hydrogen-bond acceptors (Lipinski definition) is 4. The summed E-state index contributed by atoms with van der Waals surface area (Å²) >= 11 is 0. The molecule has 21 heavy (non-hydrogen) atoms. The quantitative estimate of drug-likeness (QED) is 0.855. The van der Waals surface area contributed by atoms with E-state index in [-0.39, 0.29) is 6.10 Å². The summed E-state index contributed by atoms with van der Waals surface area (Å²) in [6.07, 6.45) is 6.65. The molecule has 4 heteroatoms. The van der Waals surface area contributed by atoms with Crippen LogP contribution >= 0.6 is 0 Å². The van der Waals surface area contributed by atoms with Crippen molar-refractivity contribution < 1.29 is 4.74 Å². The molecule has 1 aromatic heterocycles. The minimum atomic E-state index is 0.280. The van der Waals surface area contributed by atoms with Gasteiger partial charge in [0.05, 0.1) is 0 Å². The maximum Gasteiger partial charge on any atom is 0.218 e. The van der Waals surface area contributed by atoms with E-state index in [9.17, 15) is 0 Å². The topological polar surface area (TPSA) is 47.0 Å². The summed E-state index contributed by atoms with van der Waals surface area (Å²) in [7, 11) is 0. The molecule has 3 unspecified atom stereocenters. The minimum Gasteiger partial charge on any atom is -0.474 e. The highest BCUT2D eigenvalue weighted by Gasteiger charge is 2.32. The average molecular weight is 291 g/mol. The van der Waals surface area contributed by atoms with Gasteiger partial charge in [0.2, 0.25) is 5.88 Å². The van der Waals surface area contributed by atoms with E-state index in [1.807, 2.05) is 6.07 Å². The van der Waals surface area contributed by atoms with Crippen molar-refractivity contribution in [2.45, 2.75) is 59.5 Å². The predicted molar refractivity (Wildman–Crippen MR) is 86.6 cm³/mol. The third kappa shape index (κ3) is 4.58. The lowest BCUT2D eigenvalue weighted by Crippen LogP contribution is -2.36. The van der Waals surface area contributed by atoms with E-state index < -0.39 is 0 Å². The van der Waals surface area contributed by atoms with Gasteiger partial charge in [0.25, 0.3) is 0 Å². The van der Waals surface area contributed by atoms with Crippen molar-refractivity contribution in [3.8, 4) is 5.88 Å². The summed E-state index contributed by atoms with van der Waals surface area (Å²) in [6, 6.07) is 1.92. The Balaban J connectivity index is 2.04. The van der Waals surface area contributed by atoms with Crippen LogP contribution in [0.5, 0.6) is 5.88 Å². The number of nitrogens with zero attached hydrogens (tertiary/aromatic N) is 2. The molecule has 1 aromatic rings. The van der Waals surface area contributed by atoms with E-state index in [1.54, 1.807) is 6.33 Å². The highest BCUT2D eigenvalue weighted by molar-refractivity contribution is 5.36. The molecule has 118 valence electrons. The summed E-state index contributed by atoms with van der Waals surface area (Å²) in [6.45, 7) is 9.98. The highest BCUT2D eigenvalue weighted by atomic mass is 16.5. The fourth-order valence-corrected chi connectivity index (χ4v) is 3.16. The lowest BCUT2D eigenvalue weighted by Gasteiger charge is -2.37. The molecule has 0 spiro atoms. The van der Waals surface area contributed by atoms with Gasteiger partial charge >= 0.3 is 0 Å². The zero-order chi connectivity index (χ0) is 15.2. The molecule has 1 N–H and O–H groups in total. The van der Waals surface area contributed by atoms with Crippen molar-refractivity contribution in [2.75, 3.05) is 11.9 Å². The predicted octanol–water partition coefficient (Wildman–Crippen LogP) is 4.14. The molecular weight excluding hydrogens is 262 g/mol. The molecule has 1 aliphatic rings. The van der Waals surface area contributed by atoms with Crippen molar-refractivity contribution in [3.63, 3.8) is 0 Å². The van der Waals surface area contributed by atoms with Gasteiger partial charge in [-0.2, -0.15) is 0 Å². The molecule has 2 rings (SSSR count).